The molecule has 4 rings (SSSR count). The zero-order valence-corrected chi connectivity index (χ0v) is 25.1. The van der Waals surface area contributed by atoms with Crippen molar-refractivity contribution in [3.05, 3.63) is 62.4 Å². The number of piperidine rings is 1. The molecule has 2 atom stereocenters. The van der Waals surface area contributed by atoms with E-state index < -0.39 is 11.6 Å². The summed E-state index contributed by atoms with van der Waals surface area (Å²) in [5.41, 5.74) is -1.45. The molecule has 0 saturated carbocycles. The number of pyridine rings is 1. The van der Waals surface area contributed by atoms with Crippen molar-refractivity contribution in [1.82, 2.24) is 14.5 Å². The predicted octanol–water partition coefficient (Wildman–Crippen LogP) is 6.62. The van der Waals surface area contributed by atoms with E-state index in [9.17, 15) is 18.4 Å². The van der Waals surface area contributed by atoms with Gasteiger partial charge in [0.2, 0.25) is 12.2 Å². The van der Waals surface area contributed by atoms with Crippen molar-refractivity contribution in [3.8, 4) is 0 Å². The third kappa shape index (κ3) is 8.44. The summed E-state index contributed by atoms with van der Waals surface area (Å²) < 4.78 is 28.8. The average Bonchev–Trinajstić information content (AvgIpc) is 3.18. The number of hydrogen-bond donors (Lipinski definition) is 1. The van der Waals surface area contributed by atoms with E-state index in [1.165, 1.54) is 32.7 Å². The number of hydrogen-bond acceptors (Lipinski definition) is 4. The van der Waals surface area contributed by atoms with Gasteiger partial charge in [-0.2, -0.15) is 8.78 Å². The molecule has 1 aromatic carbocycles. The molecule has 2 aromatic heterocycles. The minimum absolute atomic E-state index is 0.188. The third-order valence-corrected chi connectivity index (χ3v) is 7.23. The molecule has 0 bridgehead atoms. The van der Waals surface area contributed by atoms with E-state index in [0.717, 1.165) is 32.0 Å². The Balaban J connectivity index is 0.000000339. The molecular formula is C27H32Cl2F2N3O4P. The van der Waals surface area contributed by atoms with Gasteiger partial charge in [0, 0.05) is 32.4 Å². The summed E-state index contributed by atoms with van der Waals surface area (Å²) in [5, 5.41) is 8.54. The first-order valence-electron chi connectivity index (χ1n) is 12.1. The van der Waals surface area contributed by atoms with E-state index in [4.69, 9.17) is 33.1 Å². The lowest BCUT2D eigenvalue weighted by molar-refractivity contribution is -0.134. The number of aliphatic carboxylic acids is 1. The van der Waals surface area contributed by atoms with Crippen LogP contribution in [0.5, 0.6) is 0 Å². The van der Waals surface area contributed by atoms with Crippen LogP contribution in [0.4, 0.5) is 8.78 Å². The number of fused-ring (bicyclic) bond motifs is 1. The largest absolute Gasteiger partial charge is 0.481 e. The molecule has 1 N–H and O–H groups in total. The number of amides is 1. The van der Waals surface area contributed by atoms with Crippen LogP contribution in [0.2, 0.25) is 10.0 Å². The topological polar surface area (TPSA) is 92.5 Å². The maximum atomic E-state index is 13.7. The van der Waals surface area contributed by atoms with Crippen LogP contribution >= 0.6 is 32.4 Å². The van der Waals surface area contributed by atoms with E-state index in [1.54, 1.807) is 39.1 Å². The molecule has 212 valence electrons. The molecule has 0 spiro atoms. The normalized spacial score (nSPS) is 15.1. The zero-order chi connectivity index (χ0) is 29.7. The lowest BCUT2D eigenvalue weighted by Crippen LogP contribution is -2.32. The Morgan fingerprint density at radius 1 is 1.21 bits per heavy atom. The van der Waals surface area contributed by atoms with Gasteiger partial charge in [-0.3, -0.25) is 14.4 Å². The number of carboxylic acid groups (broad SMARTS) is 1. The van der Waals surface area contributed by atoms with Crippen molar-refractivity contribution in [2.24, 2.45) is 13.0 Å². The highest BCUT2D eigenvalue weighted by molar-refractivity contribution is 7.17. The molecule has 12 heteroatoms. The smallest absolute Gasteiger partial charge is 0.300 e. The maximum absolute atomic E-state index is 13.7. The molecule has 1 amide bonds. The molecule has 1 fully saturated rings. The number of halogens is 4. The second kappa shape index (κ2) is 13.6. The Labute approximate surface area is 238 Å². The number of ketones is 1. The van der Waals surface area contributed by atoms with Gasteiger partial charge in [0.1, 0.15) is 11.3 Å². The Kier molecular flexibility index (Phi) is 11.4. The summed E-state index contributed by atoms with van der Waals surface area (Å²) in [6.45, 7) is 8.67. The first-order valence-corrected chi connectivity index (χ1v) is 13.4. The number of carbonyl (C=O) groups is 3. The average molecular weight is 602 g/mol. The SMILES string of the molecule is CC(=O)O.C[C@H]1CCCN(C=O)C1.Cc1ccc(Cl)c(C(=O)c2cc3c(C)cc(C(F)(F)P)nc3n2C)c1Cl. The van der Waals surface area contributed by atoms with Gasteiger partial charge in [0.15, 0.2) is 0 Å². The summed E-state index contributed by atoms with van der Waals surface area (Å²) in [5.74, 6) is -0.508. The number of benzene rings is 1. The standard InChI is InChI=1S/C18H15Cl2F2N2OP.C7H13NO.C2H4O2/c1-8-4-5-11(19)14(15(8)20)16(25)12-7-10-9(2)6-13(18(21,22)26)23-17(10)24(12)3;1-7-3-2-4-8(5-7)6-9;1-2(3)4/h4-7H,26H2,1-3H3;6-7H,2-5H2,1H3;1H3,(H,3,4)/t;7-;/m.0./s1. The summed E-state index contributed by atoms with van der Waals surface area (Å²) >= 11 is 12.5. The summed E-state index contributed by atoms with van der Waals surface area (Å²) in [6.07, 6.45) is 3.42. The van der Waals surface area contributed by atoms with Gasteiger partial charge in [0.25, 0.3) is 11.6 Å². The van der Waals surface area contributed by atoms with Crippen molar-refractivity contribution >= 4 is 61.6 Å². The zero-order valence-electron chi connectivity index (χ0n) is 22.4. The molecule has 1 saturated heterocycles. The van der Waals surface area contributed by atoms with E-state index in [2.05, 4.69) is 11.9 Å². The number of carboxylic acids is 1. The van der Waals surface area contributed by atoms with Gasteiger partial charge in [-0.15, -0.1) is 0 Å². The lowest BCUT2D eigenvalue weighted by Gasteiger charge is -2.27. The van der Waals surface area contributed by atoms with Gasteiger partial charge < -0.3 is 14.6 Å². The van der Waals surface area contributed by atoms with Crippen LogP contribution in [0, 0.1) is 19.8 Å². The monoisotopic (exact) mass is 601 g/mol. The molecule has 3 aromatic rings. The highest BCUT2D eigenvalue weighted by Gasteiger charge is 2.29. The van der Waals surface area contributed by atoms with E-state index in [-0.39, 0.29) is 32.8 Å². The Morgan fingerprint density at radius 3 is 2.33 bits per heavy atom. The molecule has 1 aliphatic rings. The first-order chi connectivity index (χ1) is 18.1. The molecular weight excluding hydrogens is 570 g/mol. The third-order valence-electron chi connectivity index (χ3n) is 6.13. The predicted molar refractivity (Wildman–Crippen MR) is 153 cm³/mol. The number of likely N-dealkylation sites (tertiary alicyclic amines) is 1. The van der Waals surface area contributed by atoms with Gasteiger partial charge in [-0.05, 0) is 61.9 Å². The molecule has 39 heavy (non-hydrogen) atoms. The molecule has 1 unspecified atom stereocenters. The fourth-order valence-electron chi connectivity index (χ4n) is 4.15. The Bertz CT molecular complexity index is 1370. The van der Waals surface area contributed by atoms with Crippen LogP contribution in [0.3, 0.4) is 0 Å². The second-order valence-corrected chi connectivity index (χ2v) is 11.0. The van der Waals surface area contributed by atoms with E-state index in [1.807, 2.05) is 4.90 Å². The van der Waals surface area contributed by atoms with Crippen LogP contribution in [0.15, 0.2) is 24.3 Å². The van der Waals surface area contributed by atoms with Crippen LogP contribution in [0.25, 0.3) is 11.0 Å². The number of rotatable bonds is 4. The highest BCUT2D eigenvalue weighted by atomic mass is 35.5. The number of aryl methyl sites for hydroxylation is 3. The van der Waals surface area contributed by atoms with Crippen LogP contribution in [0.1, 0.15) is 59.6 Å². The molecule has 0 radical (unpaired) electrons. The first kappa shape index (κ1) is 32.6. The van der Waals surface area contributed by atoms with Gasteiger partial charge >= 0.3 is 0 Å². The van der Waals surface area contributed by atoms with Crippen molar-refractivity contribution in [2.45, 2.75) is 46.2 Å². The van der Waals surface area contributed by atoms with Crippen molar-refractivity contribution < 1.29 is 28.3 Å². The van der Waals surface area contributed by atoms with Gasteiger partial charge in [0.05, 0.1) is 21.3 Å². The number of carbonyl (C=O) groups excluding carboxylic acids is 2. The van der Waals surface area contributed by atoms with Crippen LogP contribution < -0.4 is 0 Å². The number of nitrogens with zero attached hydrogens (tertiary/aromatic N) is 3. The molecule has 1 aliphatic heterocycles. The van der Waals surface area contributed by atoms with Crippen molar-refractivity contribution in [1.29, 1.82) is 0 Å². The molecule has 0 aliphatic carbocycles. The molecule has 3 heterocycles. The quantitative estimate of drug-likeness (QED) is 0.206. The fourth-order valence-corrected chi connectivity index (χ4v) is 4.84. The van der Waals surface area contributed by atoms with E-state index in [0.29, 0.717) is 22.5 Å². The highest BCUT2D eigenvalue weighted by Crippen LogP contribution is 2.36. The lowest BCUT2D eigenvalue weighted by atomic mass is 10.0. The van der Waals surface area contributed by atoms with Gasteiger partial charge in [-0.1, -0.05) is 45.4 Å². The fraction of sp³-hybridized carbons (Fsp3) is 0.407. The minimum Gasteiger partial charge on any atom is -0.481 e. The van der Waals surface area contributed by atoms with E-state index >= 15 is 0 Å². The summed E-state index contributed by atoms with van der Waals surface area (Å²) in [6, 6.07) is 6.27. The van der Waals surface area contributed by atoms with Crippen LogP contribution in [-0.2, 0) is 22.3 Å². The van der Waals surface area contributed by atoms with Gasteiger partial charge in [-0.25, -0.2) is 4.98 Å². The second-order valence-electron chi connectivity index (χ2n) is 9.52. The van der Waals surface area contributed by atoms with Crippen LogP contribution in [-0.4, -0.2) is 50.8 Å². The Hall–Kier alpha value is -2.61. The summed E-state index contributed by atoms with van der Waals surface area (Å²) in [4.78, 5) is 38.2. The number of alkyl halides is 2. The summed E-state index contributed by atoms with van der Waals surface area (Å²) in [7, 11) is 3.08. The molecule has 7 nitrogen and oxygen atoms in total. The number of aromatic nitrogens is 2. The van der Waals surface area contributed by atoms with Crippen molar-refractivity contribution in [2.75, 3.05) is 13.1 Å². The Morgan fingerprint density at radius 2 is 1.82 bits per heavy atom. The van der Waals surface area contributed by atoms with Crippen molar-refractivity contribution in [3.63, 3.8) is 0 Å². The minimum atomic E-state index is -3.16. The maximum Gasteiger partial charge on any atom is 0.300 e.